The van der Waals surface area contributed by atoms with E-state index in [4.69, 9.17) is 9.47 Å². The smallest absolute Gasteiger partial charge is 0.287 e. The van der Waals surface area contributed by atoms with Gasteiger partial charge in [0.15, 0.2) is 0 Å². The highest BCUT2D eigenvalue weighted by Crippen LogP contribution is 2.38. The van der Waals surface area contributed by atoms with Crippen LogP contribution in [0.4, 0.5) is 0 Å². The number of carbonyl (C=O) groups is 1. The third-order valence-corrected chi connectivity index (χ3v) is 7.39. The minimum atomic E-state index is -0.658. The highest BCUT2D eigenvalue weighted by atomic mass is 32.1. The molecule has 4 rings (SSSR count). The van der Waals surface area contributed by atoms with Crippen molar-refractivity contribution in [1.82, 2.24) is 15.3 Å². The number of H-pyrrole nitrogens is 1. The van der Waals surface area contributed by atoms with E-state index in [0.717, 1.165) is 30.4 Å². The predicted molar refractivity (Wildman–Crippen MR) is 131 cm³/mol. The zero-order valence-electron chi connectivity index (χ0n) is 19.7. The van der Waals surface area contributed by atoms with Gasteiger partial charge >= 0.3 is 0 Å². The van der Waals surface area contributed by atoms with Crippen LogP contribution in [0.15, 0.2) is 34.4 Å². The number of hydrogen-bond acceptors (Lipinski definition) is 7. The van der Waals surface area contributed by atoms with Crippen LogP contribution >= 0.6 is 11.3 Å². The van der Waals surface area contributed by atoms with Gasteiger partial charge in [-0.15, -0.1) is 11.3 Å². The van der Waals surface area contributed by atoms with Crippen molar-refractivity contribution in [1.29, 1.82) is 0 Å². The second-order valence-corrected chi connectivity index (χ2v) is 10.3. The Morgan fingerprint density at radius 2 is 2.18 bits per heavy atom. The van der Waals surface area contributed by atoms with Crippen molar-refractivity contribution < 1.29 is 19.4 Å². The largest absolute Gasteiger partial charge is 0.497 e. The monoisotopic (exact) mass is 485 g/mol. The number of rotatable bonds is 9. The predicted octanol–water partition coefficient (Wildman–Crippen LogP) is 3.63. The fourth-order valence-corrected chi connectivity index (χ4v) is 5.40. The van der Waals surface area contributed by atoms with Gasteiger partial charge in [0, 0.05) is 18.7 Å². The van der Waals surface area contributed by atoms with Crippen LogP contribution < -0.4 is 15.6 Å². The Labute approximate surface area is 202 Å². The molecule has 1 saturated carbocycles. The Morgan fingerprint density at radius 1 is 1.35 bits per heavy atom. The molecule has 0 bridgehead atoms. The topological polar surface area (TPSA) is 114 Å². The Hall–Kier alpha value is -2.75. The molecule has 0 aliphatic heterocycles. The van der Waals surface area contributed by atoms with Gasteiger partial charge in [-0.3, -0.25) is 9.59 Å². The average molecular weight is 486 g/mol. The fourth-order valence-electron chi connectivity index (χ4n) is 4.47. The van der Waals surface area contributed by atoms with E-state index in [0.29, 0.717) is 41.0 Å². The minimum Gasteiger partial charge on any atom is -0.497 e. The normalized spacial score (nSPS) is 18.4. The molecule has 0 radical (unpaired) electrons. The fraction of sp³-hybridized carbons (Fsp3) is 0.480. The molecule has 0 saturated heterocycles. The third-order valence-electron chi connectivity index (χ3n) is 6.47. The molecule has 3 aromatic rings. The quantitative estimate of drug-likeness (QED) is 0.427. The maximum absolute atomic E-state index is 12.7. The van der Waals surface area contributed by atoms with E-state index in [-0.39, 0.29) is 17.9 Å². The summed E-state index contributed by atoms with van der Waals surface area (Å²) in [6, 6.07) is 7.39. The Morgan fingerprint density at radius 3 is 2.91 bits per heavy atom. The summed E-state index contributed by atoms with van der Waals surface area (Å²) in [5, 5.41) is 15.3. The maximum atomic E-state index is 12.7. The first kappa shape index (κ1) is 24.4. The van der Waals surface area contributed by atoms with Gasteiger partial charge in [-0.2, -0.15) is 0 Å². The molecule has 2 atom stereocenters. The summed E-state index contributed by atoms with van der Waals surface area (Å²) in [6.07, 6.45) is 2.99. The lowest BCUT2D eigenvalue weighted by atomic mass is 9.89. The summed E-state index contributed by atoms with van der Waals surface area (Å²) in [5.74, 6) is 0.952. The second kappa shape index (κ2) is 10.2. The zero-order chi connectivity index (χ0) is 24.3. The van der Waals surface area contributed by atoms with Crippen molar-refractivity contribution in [3.63, 3.8) is 0 Å². The number of ether oxygens (including phenoxy) is 2. The van der Waals surface area contributed by atoms with Gasteiger partial charge < -0.3 is 24.9 Å². The Kier molecular flexibility index (Phi) is 7.35. The lowest BCUT2D eigenvalue weighted by molar-refractivity contribution is 0.0145. The number of benzene rings is 1. The summed E-state index contributed by atoms with van der Waals surface area (Å²) in [6.45, 7) is 4.93. The van der Waals surface area contributed by atoms with Crippen LogP contribution in [0.5, 0.6) is 5.75 Å². The average Bonchev–Trinajstić information content (AvgIpc) is 3.45. The van der Waals surface area contributed by atoms with Crippen molar-refractivity contribution in [2.24, 2.45) is 11.8 Å². The Balaban J connectivity index is 1.36. The molecular formula is C25H31N3O5S. The standard InChI is InChI=1S/C25H31N3O5S/c1-25(2,31)18-8-7-16(9-18)12-33-13-17-14-34-24-20(17)22(29)27-21(28-24)23(30)26-11-15-5-4-6-19(10-15)32-3/h4-6,10,14,16,18,31H,7-9,11-13H2,1-3H3,(H,26,30)(H,27,28,29). The summed E-state index contributed by atoms with van der Waals surface area (Å²) in [4.78, 5) is 32.8. The van der Waals surface area contributed by atoms with E-state index < -0.39 is 11.5 Å². The SMILES string of the molecule is COc1cccc(CNC(=O)c2nc3scc(COCC4CCC(C(C)(C)O)C4)c3c(=O)[nH]2)c1. The van der Waals surface area contributed by atoms with Crippen molar-refractivity contribution in [2.45, 2.75) is 51.9 Å². The number of thiophene rings is 1. The molecule has 1 fully saturated rings. The van der Waals surface area contributed by atoms with E-state index >= 15 is 0 Å². The molecule has 3 N–H and O–H groups in total. The number of methoxy groups -OCH3 is 1. The summed E-state index contributed by atoms with van der Waals surface area (Å²) < 4.78 is 11.1. The lowest BCUT2D eigenvalue weighted by Gasteiger charge is -2.25. The molecule has 8 nitrogen and oxygen atoms in total. The number of aromatic amines is 1. The molecule has 1 aliphatic carbocycles. The molecule has 1 aromatic carbocycles. The number of carbonyl (C=O) groups excluding carboxylic acids is 1. The van der Waals surface area contributed by atoms with Gasteiger partial charge in [-0.25, -0.2) is 4.98 Å². The van der Waals surface area contributed by atoms with Crippen LogP contribution in [-0.4, -0.2) is 40.3 Å². The van der Waals surface area contributed by atoms with Crippen LogP contribution in [0, 0.1) is 11.8 Å². The van der Waals surface area contributed by atoms with Gasteiger partial charge in [-0.05, 0) is 68.0 Å². The van der Waals surface area contributed by atoms with E-state index in [1.165, 1.54) is 11.3 Å². The first-order valence-corrected chi connectivity index (χ1v) is 12.3. The number of nitrogens with one attached hydrogen (secondary N) is 2. The molecular weight excluding hydrogens is 454 g/mol. The van der Waals surface area contributed by atoms with Gasteiger partial charge in [0.2, 0.25) is 5.82 Å². The molecule has 0 spiro atoms. The van der Waals surface area contributed by atoms with Crippen molar-refractivity contribution in [3.8, 4) is 5.75 Å². The number of fused-ring (bicyclic) bond motifs is 1. The maximum Gasteiger partial charge on any atom is 0.287 e. The van der Waals surface area contributed by atoms with Crippen LogP contribution in [0.1, 0.15) is 54.9 Å². The molecule has 1 amide bonds. The number of hydrogen-bond donors (Lipinski definition) is 3. The van der Waals surface area contributed by atoms with E-state index in [2.05, 4.69) is 15.3 Å². The van der Waals surface area contributed by atoms with E-state index in [9.17, 15) is 14.7 Å². The number of aromatic nitrogens is 2. The summed E-state index contributed by atoms with van der Waals surface area (Å²) >= 11 is 1.32. The van der Waals surface area contributed by atoms with Gasteiger partial charge in [0.1, 0.15) is 10.6 Å². The van der Waals surface area contributed by atoms with Crippen molar-refractivity contribution in [2.75, 3.05) is 13.7 Å². The second-order valence-electron chi connectivity index (χ2n) is 9.43. The number of aliphatic hydroxyl groups is 1. The Bertz CT molecular complexity index is 1210. The highest BCUT2D eigenvalue weighted by Gasteiger charge is 2.34. The summed E-state index contributed by atoms with van der Waals surface area (Å²) in [7, 11) is 1.59. The number of nitrogens with zero attached hydrogens (tertiary/aromatic N) is 1. The molecule has 182 valence electrons. The van der Waals surface area contributed by atoms with Crippen LogP contribution in [0.3, 0.4) is 0 Å². The molecule has 2 heterocycles. The lowest BCUT2D eigenvalue weighted by Crippen LogP contribution is -2.29. The first-order valence-electron chi connectivity index (χ1n) is 11.5. The summed E-state index contributed by atoms with van der Waals surface area (Å²) in [5.41, 5.74) is 0.645. The number of amides is 1. The highest BCUT2D eigenvalue weighted by molar-refractivity contribution is 7.16. The van der Waals surface area contributed by atoms with Gasteiger partial charge in [-0.1, -0.05) is 12.1 Å². The van der Waals surface area contributed by atoms with Crippen LogP contribution in [0.2, 0.25) is 0 Å². The van der Waals surface area contributed by atoms with Gasteiger partial charge in [0.25, 0.3) is 11.5 Å². The van der Waals surface area contributed by atoms with E-state index in [1.807, 2.05) is 43.5 Å². The first-order chi connectivity index (χ1) is 16.2. The molecule has 1 aliphatic rings. The van der Waals surface area contributed by atoms with Crippen molar-refractivity contribution >= 4 is 27.5 Å². The zero-order valence-corrected chi connectivity index (χ0v) is 20.5. The third kappa shape index (κ3) is 5.65. The molecule has 2 unspecified atom stereocenters. The van der Waals surface area contributed by atoms with Crippen LogP contribution in [-0.2, 0) is 17.9 Å². The van der Waals surface area contributed by atoms with E-state index in [1.54, 1.807) is 7.11 Å². The van der Waals surface area contributed by atoms with Crippen LogP contribution in [0.25, 0.3) is 10.2 Å². The van der Waals surface area contributed by atoms with Crippen molar-refractivity contribution in [3.05, 3.63) is 57.0 Å². The molecule has 34 heavy (non-hydrogen) atoms. The minimum absolute atomic E-state index is 0.0154. The molecule has 2 aromatic heterocycles. The molecule has 9 heteroatoms. The van der Waals surface area contributed by atoms with Gasteiger partial charge in [0.05, 0.1) is 24.7 Å².